The fraction of sp³-hybridized carbons (Fsp3) is 0.222. The van der Waals surface area contributed by atoms with Gasteiger partial charge >= 0.3 is 0 Å². The molecule has 0 aliphatic rings. The lowest BCUT2D eigenvalue weighted by Crippen LogP contribution is -2.43. The zero-order valence-corrected chi connectivity index (χ0v) is 14.4. The number of hydrazine groups is 1. The number of carbonyl (C=O) groups excluding carboxylic acids is 2. The largest absolute Gasteiger partial charge is 0.484 e. The van der Waals surface area contributed by atoms with E-state index in [0.29, 0.717) is 11.7 Å². The molecule has 0 spiro atoms. The summed E-state index contributed by atoms with van der Waals surface area (Å²) in [6.07, 6.45) is 0. The molecule has 0 unspecified atom stereocenters. The minimum Gasteiger partial charge on any atom is -0.484 e. The summed E-state index contributed by atoms with van der Waals surface area (Å²) in [7, 11) is 0. The number of nitro groups is 1. The van der Waals surface area contributed by atoms with E-state index in [9.17, 15) is 19.7 Å². The first-order valence-corrected chi connectivity index (χ1v) is 7.93. The van der Waals surface area contributed by atoms with Crippen LogP contribution in [0.4, 0.5) is 5.69 Å². The van der Waals surface area contributed by atoms with E-state index < -0.39 is 16.7 Å². The van der Waals surface area contributed by atoms with Crippen LogP contribution < -0.4 is 15.6 Å². The van der Waals surface area contributed by atoms with Crippen LogP contribution in [0.1, 0.15) is 35.7 Å². The SMILES string of the molecule is CC(C)c1ccc(OCC(=O)NNC(=O)c2ccc([N+](=O)[O-])cc2)cc1. The molecule has 0 bridgehead atoms. The number of nitro benzene ring substituents is 1. The third-order valence-electron chi connectivity index (χ3n) is 3.57. The lowest BCUT2D eigenvalue weighted by atomic mass is 10.0. The highest BCUT2D eigenvalue weighted by Gasteiger charge is 2.10. The Labute approximate surface area is 150 Å². The van der Waals surface area contributed by atoms with Gasteiger partial charge < -0.3 is 4.74 Å². The Morgan fingerprint density at radius 3 is 2.19 bits per heavy atom. The van der Waals surface area contributed by atoms with Crippen LogP contribution >= 0.6 is 0 Å². The third kappa shape index (κ3) is 5.30. The van der Waals surface area contributed by atoms with Crippen molar-refractivity contribution < 1.29 is 19.2 Å². The Morgan fingerprint density at radius 2 is 1.65 bits per heavy atom. The number of amides is 2. The molecule has 8 heteroatoms. The van der Waals surface area contributed by atoms with E-state index in [2.05, 4.69) is 24.7 Å². The van der Waals surface area contributed by atoms with E-state index in [0.717, 1.165) is 5.56 Å². The molecule has 8 nitrogen and oxygen atoms in total. The molecule has 0 atom stereocenters. The first kappa shape index (κ1) is 18.9. The van der Waals surface area contributed by atoms with Crippen molar-refractivity contribution in [2.45, 2.75) is 19.8 Å². The zero-order chi connectivity index (χ0) is 19.1. The molecule has 2 aromatic carbocycles. The number of nitrogens with one attached hydrogen (secondary N) is 2. The van der Waals surface area contributed by atoms with E-state index in [-0.39, 0.29) is 17.9 Å². The van der Waals surface area contributed by atoms with Crippen molar-refractivity contribution in [3.05, 3.63) is 69.8 Å². The summed E-state index contributed by atoms with van der Waals surface area (Å²) in [6.45, 7) is 3.90. The molecule has 2 rings (SSSR count). The molecule has 0 aliphatic carbocycles. The highest BCUT2D eigenvalue weighted by molar-refractivity contribution is 5.95. The number of hydrogen-bond acceptors (Lipinski definition) is 5. The van der Waals surface area contributed by atoms with Gasteiger partial charge in [-0.3, -0.25) is 30.6 Å². The second-order valence-electron chi connectivity index (χ2n) is 5.82. The Morgan fingerprint density at radius 1 is 1.04 bits per heavy atom. The maximum absolute atomic E-state index is 11.9. The van der Waals surface area contributed by atoms with Crippen LogP contribution in [-0.4, -0.2) is 23.3 Å². The van der Waals surface area contributed by atoms with Gasteiger partial charge in [-0.1, -0.05) is 26.0 Å². The molecule has 136 valence electrons. The minimum atomic E-state index is -0.588. The van der Waals surface area contributed by atoms with Gasteiger partial charge in [-0.05, 0) is 35.7 Å². The molecule has 0 heterocycles. The molecular weight excluding hydrogens is 338 g/mol. The fourth-order valence-corrected chi connectivity index (χ4v) is 2.07. The number of benzene rings is 2. The Bertz CT molecular complexity index is 785. The normalized spacial score (nSPS) is 10.3. The number of rotatable bonds is 6. The van der Waals surface area contributed by atoms with Crippen LogP contribution in [0.3, 0.4) is 0 Å². The Kier molecular flexibility index (Phi) is 6.26. The van der Waals surface area contributed by atoms with Crippen molar-refractivity contribution in [2.75, 3.05) is 6.61 Å². The summed E-state index contributed by atoms with van der Waals surface area (Å²) in [5.74, 6) is -0.170. The molecule has 26 heavy (non-hydrogen) atoms. The van der Waals surface area contributed by atoms with Gasteiger partial charge in [-0.2, -0.15) is 0 Å². The van der Waals surface area contributed by atoms with Crippen molar-refractivity contribution >= 4 is 17.5 Å². The van der Waals surface area contributed by atoms with Gasteiger partial charge in [-0.15, -0.1) is 0 Å². The lowest BCUT2D eigenvalue weighted by Gasteiger charge is -2.10. The second kappa shape index (κ2) is 8.61. The Hall–Kier alpha value is -3.42. The maximum Gasteiger partial charge on any atom is 0.276 e. The number of nitrogens with zero attached hydrogens (tertiary/aromatic N) is 1. The maximum atomic E-state index is 11.9. The summed E-state index contributed by atoms with van der Waals surface area (Å²) in [4.78, 5) is 33.6. The first-order chi connectivity index (χ1) is 12.4. The second-order valence-corrected chi connectivity index (χ2v) is 5.82. The highest BCUT2D eigenvalue weighted by Crippen LogP contribution is 2.18. The van der Waals surface area contributed by atoms with Gasteiger partial charge in [-0.25, -0.2) is 0 Å². The summed E-state index contributed by atoms with van der Waals surface area (Å²) in [5.41, 5.74) is 5.66. The molecule has 2 amide bonds. The van der Waals surface area contributed by atoms with Gasteiger partial charge in [0.2, 0.25) is 0 Å². The summed E-state index contributed by atoms with van der Waals surface area (Å²) < 4.78 is 5.34. The van der Waals surface area contributed by atoms with Crippen LogP contribution in [-0.2, 0) is 4.79 Å². The van der Waals surface area contributed by atoms with E-state index >= 15 is 0 Å². The standard InChI is InChI=1S/C18H19N3O5/c1-12(2)13-5-9-16(10-6-13)26-11-17(22)19-20-18(23)14-3-7-15(8-4-14)21(24)25/h3-10,12H,11H2,1-2H3,(H,19,22)(H,20,23). The molecule has 0 saturated heterocycles. The number of carbonyl (C=O) groups is 2. The number of hydrogen-bond donors (Lipinski definition) is 2. The third-order valence-corrected chi connectivity index (χ3v) is 3.57. The molecule has 0 aromatic heterocycles. The van der Waals surface area contributed by atoms with Crippen molar-refractivity contribution in [1.29, 1.82) is 0 Å². The van der Waals surface area contributed by atoms with Gasteiger partial charge in [0.15, 0.2) is 6.61 Å². The van der Waals surface area contributed by atoms with Crippen LogP contribution in [0.25, 0.3) is 0 Å². The molecule has 2 N–H and O–H groups in total. The van der Waals surface area contributed by atoms with E-state index in [1.165, 1.54) is 24.3 Å². The first-order valence-electron chi connectivity index (χ1n) is 7.93. The van der Waals surface area contributed by atoms with Gasteiger partial charge in [0.05, 0.1) is 4.92 Å². The average Bonchev–Trinajstić information content (AvgIpc) is 2.64. The van der Waals surface area contributed by atoms with E-state index in [1.807, 2.05) is 12.1 Å². The number of ether oxygens (including phenoxy) is 1. The molecule has 0 aliphatic heterocycles. The molecule has 0 saturated carbocycles. The van der Waals surface area contributed by atoms with Gasteiger partial charge in [0, 0.05) is 17.7 Å². The smallest absolute Gasteiger partial charge is 0.276 e. The summed E-state index contributed by atoms with van der Waals surface area (Å²) >= 11 is 0. The van der Waals surface area contributed by atoms with Crippen LogP contribution in [0, 0.1) is 10.1 Å². The van der Waals surface area contributed by atoms with Crippen LogP contribution in [0.5, 0.6) is 5.75 Å². The summed E-state index contributed by atoms with van der Waals surface area (Å²) in [5, 5.41) is 10.6. The Balaban J connectivity index is 1.78. The van der Waals surface area contributed by atoms with Gasteiger partial charge in [0.25, 0.3) is 17.5 Å². The fourth-order valence-electron chi connectivity index (χ4n) is 2.07. The predicted octanol–water partition coefficient (Wildman–Crippen LogP) is 2.56. The van der Waals surface area contributed by atoms with Gasteiger partial charge in [0.1, 0.15) is 5.75 Å². The number of non-ortho nitro benzene ring substituents is 1. The summed E-state index contributed by atoms with van der Waals surface area (Å²) in [6, 6.07) is 12.4. The molecular formula is C18H19N3O5. The van der Waals surface area contributed by atoms with Crippen molar-refractivity contribution in [3.63, 3.8) is 0 Å². The lowest BCUT2D eigenvalue weighted by molar-refractivity contribution is -0.384. The highest BCUT2D eigenvalue weighted by atomic mass is 16.6. The van der Waals surface area contributed by atoms with Crippen LogP contribution in [0.15, 0.2) is 48.5 Å². The molecule has 0 fully saturated rings. The van der Waals surface area contributed by atoms with E-state index in [1.54, 1.807) is 12.1 Å². The van der Waals surface area contributed by atoms with Crippen molar-refractivity contribution in [1.82, 2.24) is 10.9 Å². The monoisotopic (exact) mass is 357 g/mol. The predicted molar refractivity (Wildman–Crippen MR) is 94.7 cm³/mol. The molecule has 0 radical (unpaired) electrons. The van der Waals surface area contributed by atoms with Crippen LogP contribution in [0.2, 0.25) is 0 Å². The van der Waals surface area contributed by atoms with Crippen molar-refractivity contribution in [3.8, 4) is 5.75 Å². The molecule has 2 aromatic rings. The van der Waals surface area contributed by atoms with Crippen molar-refractivity contribution in [2.24, 2.45) is 0 Å². The van der Waals surface area contributed by atoms with E-state index in [4.69, 9.17) is 4.74 Å². The minimum absolute atomic E-state index is 0.123. The average molecular weight is 357 g/mol. The topological polar surface area (TPSA) is 111 Å². The zero-order valence-electron chi connectivity index (χ0n) is 14.4. The quantitative estimate of drug-likeness (QED) is 0.610.